The highest BCUT2D eigenvalue weighted by Crippen LogP contribution is 2.23. The molecule has 1 aromatic carbocycles. The van der Waals surface area contributed by atoms with Crippen molar-refractivity contribution in [3.63, 3.8) is 0 Å². The SMILES string of the molecule is Cc1cc(C)n(C(C)C)c(=O)c1C(N)c1ccc(Cl)cc1. The lowest BCUT2D eigenvalue weighted by atomic mass is 9.96. The van der Waals surface area contributed by atoms with E-state index in [4.69, 9.17) is 17.3 Å². The van der Waals surface area contributed by atoms with Crippen LogP contribution in [0.5, 0.6) is 0 Å². The molecule has 1 unspecified atom stereocenters. The van der Waals surface area contributed by atoms with Crippen molar-refractivity contribution in [3.05, 3.63) is 68.1 Å². The molecule has 0 saturated heterocycles. The lowest BCUT2D eigenvalue weighted by Gasteiger charge is -2.21. The van der Waals surface area contributed by atoms with E-state index in [1.807, 2.05) is 45.9 Å². The number of nitrogens with two attached hydrogens (primary N) is 1. The second-order valence-electron chi connectivity index (χ2n) is 5.68. The monoisotopic (exact) mass is 304 g/mol. The quantitative estimate of drug-likeness (QED) is 0.939. The minimum atomic E-state index is -0.444. The van der Waals surface area contributed by atoms with Crippen molar-refractivity contribution in [2.75, 3.05) is 0 Å². The van der Waals surface area contributed by atoms with Crippen LogP contribution in [0.3, 0.4) is 0 Å². The van der Waals surface area contributed by atoms with Crippen molar-refractivity contribution in [2.24, 2.45) is 5.73 Å². The van der Waals surface area contributed by atoms with Crippen LogP contribution in [0.15, 0.2) is 35.1 Å². The van der Waals surface area contributed by atoms with Gasteiger partial charge in [-0.3, -0.25) is 4.79 Å². The van der Waals surface area contributed by atoms with E-state index in [1.54, 1.807) is 16.7 Å². The van der Waals surface area contributed by atoms with Gasteiger partial charge in [0.1, 0.15) is 0 Å². The number of rotatable bonds is 3. The number of aryl methyl sites for hydroxylation is 2. The molecule has 0 aliphatic heterocycles. The van der Waals surface area contributed by atoms with Crippen LogP contribution < -0.4 is 11.3 Å². The summed E-state index contributed by atoms with van der Waals surface area (Å²) >= 11 is 5.91. The van der Waals surface area contributed by atoms with Crippen LogP contribution in [0.2, 0.25) is 5.02 Å². The van der Waals surface area contributed by atoms with E-state index in [0.717, 1.165) is 16.8 Å². The van der Waals surface area contributed by atoms with Crippen molar-refractivity contribution in [2.45, 2.75) is 39.8 Å². The van der Waals surface area contributed by atoms with E-state index >= 15 is 0 Å². The molecule has 0 spiro atoms. The molecule has 1 aromatic heterocycles. The van der Waals surface area contributed by atoms with Crippen LogP contribution in [0.25, 0.3) is 0 Å². The summed E-state index contributed by atoms with van der Waals surface area (Å²) in [6.45, 7) is 7.89. The Kier molecular flexibility index (Phi) is 4.55. The number of halogens is 1. The molecule has 1 heterocycles. The molecule has 0 saturated carbocycles. The van der Waals surface area contributed by atoms with Crippen molar-refractivity contribution in [1.29, 1.82) is 0 Å². The molecule has 1 atom stereocenters. The van der Waals surface area contributed by atoms with Crippen LogP contribution >= 0.6 is 11.6 Å². The van der Waals surface area contributed by atoms with Crippen LogP contribution in [0.1, 0.15) is 48.3 Å². The lowest BCUT2D eigenvalue weighted by Crippen LogP contribution is -2.32. The van der Waals surface area contributed by atoms with Crippen LogP contribution in [-0.2, 0) is 0 Å². The Labute approximate surface area is 130 Å². The van der Waals surface area contributed by atoms with E-state index in [0.29, 0.717) is 10.6 Å². The first kappa shape index (κ1) is 15.8. The van der Waals surface area contributed by atoms with Gasteiger partial charge < -0.3 is 10.3 Å². The van der Waals surface area contributed by atoms with E-state index in [-0.39, 0.29) is 11.6 Å². The van der Waals surface area contributed by atoms with Crippen LogP contribution in [0, 0.1) is 13.8 Å². The molecule has 0 aliphatic carbocycles. The fourth-order valence-corrected chi connectivity index (χ4v) is 2.90. The molecule has 112 valence electrons. The summed E-state index contributed by atoms with van der Waals surface area (Å²) in [6.07, 6.45) is 0. The highest BCUT2D eigenvalue weighted by atomic mass is 35.5. The third-order valence-corrected chi connectivity index (χ3v) is 3.99. The van der Waals surface area contributed by atoms with E-state index in [9.17, 15) is 4.79 Å². The Hall–Kier alpha value is -1.58. The number of hydrogen-bond acceptors (Lipinski definition) is 2. The maximum atomic E-state index is 12.8. The Balaban J connectivity index is 2.60. The first-order valence-corrected chi connectivity index (χ1v) is 7.44. The van der Waals surface area contributed by atoms with Gasteiger partial charge in [0.25, 0.3) is 5.56 Å². The molecular formula is C17H21ClN2O. The standard InChI is InChI=1S/C17H21ClN2O/c1-10(2)20-12(4)9-11(3)15(17(20)21)16(19)13-5-7-14(18)8-6-13/h5-10,16H,19H2,1-4H3. The zero-order chi connectivity index (χ0) is 15.7. The summed E-state index contributed by atoms with van der Waals surface area (Å²) in [5.74, 6) is 0. The van der Waals surface area contributed by atoms with E-state index in [1.165, 1.54) is 0 Å². The van der Waals surface area contributed by atoms with Gasteiger partial charge in [-0.05, 0) is 57.0 Å². The van der Waals surface area contributed by atoms with E-state index < -0.39 is 6.04 Å². The molecule has 0 radical (unpaired) electrons. The molecule has 2 rings (SSSR count). The zero-order valence-electron chi connectivity index (χ0n) is 12.9. The average molecular weight is 305 g/mol. The van der Waals surface area contributed by atoms with Gasteiger partial charge in [-0.2, -0.15) is 0 Å². The first-order valence-electron chi connectivity index (χ1n) is 7.06. The predicted octanol–water partition coefficient (Wildman–Crippen LogP) is 3.75. The third kappa shape index (κ3) is 3.04. The lowest BCUT2D eigenvalue weighted by molar-refractivity contribution is 0.553. The zero-order valence-corrected chi connectivity index (χ0v) is 13.6. The number of aromatic nitrogens is 1. The normalized spacial score (nSPS) is 12.7. The molecule has 2 N–H and O–H groups in total. The average Bonchev–Trinajstić information content (AvgIpc) is 2.38. The Bertz CT molecular complexity index is 702. The van der Waals surface area contributed by atoms with Gasteiger partial charge in [0, 0.05) is 22.3 Å². The van der Waals surface area contributed by atoms with Crippen LogP contribution in [0.4, 0.5) is 0 Å². The van der Waals surface area contributed by atoms with Gasteiger partial charge >= 0.3 is 0 Å². The number of hydrogen-bond donors (Lipinski definition) is 1. The minimum absolute atomic E-state index is 0.00931. The highest BCUT2D eigenvalue weighted by molar-refractivity contribution is 6.30. The Morgan fingerprint density at radius 1 is 1.14 bits per heavy atom. The minimum Gasteiger partial charge on any atom is -0.320 e. The van der Waals surface area contributed by atoms with Gasteiger partial charge in [0.15, 0.2) is 0 Å². The topological polar surface area (TPSA) is 48.0 Å². The molecule has 3 nitrogen and oxygen atoms in total. The largest absolute Gasteiger partial charge is 0.320 e. The van der Waals surface area contributed by atoms with Gasteiger partial charge in [0.2, 0.25) is 0 Å². The number of pyridine rings is 1. The van der Waals surface area contributed by atoms with Crippen LogP contribution in [-0.4, -0.2) is 4.57 Å². The maximum Gasteiger partial charge on any atom is 0.256 e. The van der Waals surface area contributed by atoms with Gasteiger partial charge in [-0.15, -0.1) is 0 Å². The summed E-state index contributed by atoms with van der Waals surface area (Å²) in [5.41, 5.74) is 9.74. The van der Waals surface area contributed by atoms with Gasteiger partial charge in [-0.1, -0.05) is 23.7 Å². The molecule has 21 heavy (non-hydrogen) atoms. The Morgan fingerprint density at radius 2 is 1.71 bits per heavy atom. The summed E-state index contributed by atoms with van der Waals surface area (Å²) < 4.78 is 1.79. The molecular weight excluding hydrogens is 284 g/mol. The van der Waals surface area contributed by atoms with Crippen molar-refractivity contribution in [1.82, 2.24) is 4.57 Å². The molecule has 0 amide bonds. The maximum absolute atomic E-state index is 12.8. The molecule has 0 fully saturated rings. The summed E-state index contributed by atoms with van der Waals surface area (Å²) in [5, 5.41) is 0.658. The molecule has 2 aromatic rings. The number of nitrogens with zero attached hydrogens (tertiary/aromatic N) is 1. The fourth-order valence-electron chi connectivity index (χ4n) is 2.78. The fraction of sp³-hybridized carbons (Fsp3) is 0.353. The smallest absolute Gasteiger partial charge is 0.256 e. The molecule has 0 aliphatic rings. The second kappa shape index (κ2) is 6.04. The van der Waals surface area contributed by atoms with Crippen molar-refractivity contribution < 1.29 is 0 Å². The van der Waals surface area contributed by atoms with Crippen molar-refractivity contribution >= 4 is 11.6 Å². The van der Waals surface area contributed by atoms with Gasteiger partial charge in [-0.25, -0.2) is 0 Å². The number of benzene rings is 1. The molecule has 4 heteroatoms. The summed E-state index contributed by atoms with van der Waals surface area (Å²) in [6, 6.07) is 9.00. The summed E-state index contributed by atoms with van der Waals surface area (Å²) in [7, 11) is 0. The second-order valence-corrected chi connectivity index (χ2v) is 6.12. The van der Waals surface area contributed by atoms with Crippen molar-refractivity contribution in [3.8, 4) is 0 Å². The van der Waals surface area contributed by atoms with E-state index in [2.05, 4.69) is 0 Å². The third-order valence-electron chi connectivity index (χ3n) is 3.74. The Morgan fingerprint density at radius 3 is 2.24 bits per heavy atom. The van der Waals surface area contributed by atoms with Gasteiger partial charge in [0.05, 0.1) is 6.04 Å². The molecule has 0 bridgehead atoms. The summed E-state index contributed by atoms with van der Waals surface area (Å²) in [4.78, 5) is 12.8. The predicted molar refractivity (Wildman–Crippen MR) is 88.0 cm³/mol. The highest BCUT2D eigenvalue weighted by Gasteiger charge is 2.19. The first-order chi connectivity index (χ1) is 9.82.